The smallest absolute Gasteiger partial charge is 0.223 e. The first-order chi connectivity index (χ1) is 13.2. The fourth-order valence-electron chi connectivity index (χ4n) is 3.34. The number of methoxy groups -OCH3 is 1. The average molecular weight is 501 g/mol. The topological polar surface area (TPSA) is 78.0 Å². The van der Waals surface area contributed by atoms with Crippen LogP contribution in [0.5, 0.6) is 5.75 Å². The second kappa shape index (κ2) is 11.3. The molecule has 1 atom stereocenters. The quantitative estimate of drug-likeness (QED) is 0.220. The van der Waals surface area contributed by atoms with Gasteiger partial charge in [-0.05, 0) is 38.3 Å². The maximum Gasteiger partial charge on any atom is 0.223 e. The number of carbonyl (C=O) groups excluding carboxylic acids is 1. The Labute approximate surface area is 184 Å². The van der Waals surface area contributed by atoms with E-state index in [9.17, 15) is 4.79 Å². The molecule has 0 aromatic heterocycles. The van der Waals surface area contributed by atoms with Crippen LogP contribution in [0.15, 0.2) is 29.3 Å². The van der Waals surface area contributed by atoms with Crippen molar-refractivity contribution in [1.29, 1.82) is 0 Å². The number of ether oxygens (including phenoxy) is 1. The van der Waals surface area contributed by atoms with Crippen molar-refractivity contribution >= 4 is 41.5 Å². The molecule has 0 bridgehead atoms. The molecule has 0 spiro atoms. The van der Waals surface area contributed by atoms with Crippen molar-refractivity contribution < 1.29 is 9.53 Å². The lowest BCUT2D eigenvalue weighted by Crippen LogP contribution is -2.45. The molecule has 7 nitrogen and oxygen atoms in total. The third-order valence-electron chi connectivity index (χ3n) is 4.93. The molecule has 1 heterocycles. The summed E-state index contributed by atoms with van der Waals surface area (Å²) in [6.07, 6.45) is 3.11. The van der Waals surface area contributed by atoms with Crippen molar-refractivity contribution in [3.05, 3.63) is 24.3 Å². The molecule has 1 aliphatic carbocycles. The summed E-state index contributed by atoms with van der Waals surface area (Å²) in [6, 6.07) is 8.46. The molecule has 0 radical (unpaired) electrons. The number of guanidine groups is 1. The molecular formula is C20H32IN5O2. The highest BCUT2D eigenvalue weighted by Crippen LogP contribution is 2.30. The molecule has 1 saturated carbocycles. The number of para-hydroxylation sites is 2. The number of hydrogen-bond donors (Lipinski definition) is 3. The van der Waals surface area contributed by atoms with Gasteiger partial charge in [0.05, 0.1) is 19.3 Å². The zero-order valence-corrected chi connectivity index (χ0v) is 19.1. The van der Waals surface area contributed by atoms with Crippen LogP contribution in [-0.4, -0.2) is 57.7 Å². The van der Waals surface area contributed by atoms with E-state index in [0.29, 0.717) is 19.1 Å². The fraction of sp³-hybridized carbons (Fsp3) is 0.600. The molecule has 1 aromatic rings. The van der Waals surface area contributed by atoms with Crippen LogP contribution < -0.4 is 25.6 Å². The Morgan fingerprint density at radius 2 is 2.04 bits per heavy atom. The van der Waals surface area contributed by atoms with E-state index in [1.54, 1.807) is 7.11 Å². The lowest BCUT2D eigenvalue weighted by molar-refractivity contribution is -0.122. The molecule has 1 aromatic carbocycles. The van der Waals surface area contributed by atoms with E-state index in [4.69, 9.17) is 4.74 Å². The van der Waals surface area contributed by atoms with E-state index in [1.807, 2.05) is 18.2 Å². The number of benzene rings is 1. The maximum atomic E-state index is 11.7. The van der Waals surface area contributed by atoms with E-state index in [1.165, 1.54) is 0 Å². The van der Waals surface area contributed by atoms with Crippen molar-refractivity contribution in [2.75, 3.05) is 44.7 Å². The maximum absolute atomic E-state index is 11.7. The number of hydrogen-bond acceptors (Lipinski definition) is 4. The second-order valence-corrected chi connectivity index (χ2v) is 7.07. The summed E-state index contributed by atoms with van der Waals surface area (Å²) >= 11 is 0. The summed E-state index contributed by atoms with van der Waals surface area (Å²) in [5.41, 5.74) is 1.13. The molecule has 28 heavy (non-hydrogen) atoms. The molecule has 1 aliphatic heterocycles. The summed E-state index contributed by atoms with van der Waals surface area (Å²) in [5, 5.41) is 9.77. The first-order valence-electron chi connectivity index (χ1n) is 9.91. The largest absolute Gasteiger partial charge is 0.495 e. The van der Waals surface area contributed by atoms with Crippen molar-refractivity contribution in [2.45, 2.75) is 32.2 Å². The highest BCUT2D eigenvalue weighted by molar-refractivity contribution is 14.0. The van der Waals surface area contributed by atoms with Gasteiger partial charge in [-0.25, -0.2) is 0 Å². The summed E-state index contributed by atoms with van der Waals surface area (Å²) in [6.45, 7) is 5.92. The zero-order chi connectivity index (χ0) is 19.1. The lowest BCUT2D eigenvalue weighted by Gasteiger charge is -2.22. The van der Waals surface area contributed by atoms with Gasteiger partial charge in [-0.15, -0.1) is 24.0 Å². The highest BCUT2D eigenvalue weighted by Gasteiger charge is 2.29. The van der Waals surface area contributed by atoms with Gasteiger partial charge in [-0.1, -0.05) is 12.1 Å². The van der Waals surface area contributed by atoms with Gasteiger partial charge in [0.25, 0.3) is 0 Å². The molecule has 3 N–H and O–H groups in total. The van der Waals surface area contributed by atoms with Crippen LogP contribution in [0.2, 0.25) is 0 Å². The normalized spacial score (nSPS) is 19.0. The lowest BCUT2D eigenvalue weighted by atomic mass is 10.2. The third-order valence-corrected chi connectivity index (χ3v) is 4.93. The molecule has 8 heteroatoms. The SMILES string of the molecule is CCNC(=NCCNC(=O)C1CC1)NC1CCN(c2ccccc2OC)C1.I. The Hall–Kier alpha value is -1.71. The predicted molar refractivity (Wildman–Crippen MR) is 124 cm³/mol. The number of nitrogens with zero attached hydrogens (tertiary/aromatic N) is 2. The van der Waals surface area contributed by atoms with Gasteiger partial charge < -0.3 is 25.6 Å². The predicted octanol–water partition coefficient (Wildman–Crippen LogP) is 1.97. The minimum Gasteiger partial charge on any atom is -0.495 e. The molecule has 2 fully saturated rings. The van der Waals surface area contributed by atoms with Gasteiger partial charge in [-0.3, -0.25) is 9.79 Å². The van der Waals surface area contributed by atoms with Crippen molar-refractivity contribution in [3.8, 4) is 5.75 Å². The summed E-state index contributed by atoms with van der Waals surface area (Å²) in [5.74, 6) is 2.14. The number of carbonyl (C=O) groups is 1. The Morgan fingerprint density at radius 1 is 1.25 bits per heavy atom. The number of anilines is 1. The van der Waals surface area contributed by atoms with E-state index in [-0.39, 0.29) is 35.8 Å². The Bertz CT molecular complexity index is 666. The second-order valence-electron chi connectivity index (χ2n) is 7.07. The molecule has 2 aliphatic rings. The standard InChI is InChI=1S/C20H31N5O2.HI/c1-3-21-20(23-12-11-22-19(26)15-8-9-15)24-16-10-13-25(14-16)17-6-4-5-7-18(17)27-2;/h4-7,15-16H,3,8-14H2,1-2H3,(H,22,26)(H2,21,23,24);1H. The van der Waals surface area contributed by atoms with Gasteiger partial charge in [0.2, 0.25) is 5.91 Å². The molecule has 156 valence electrons. The third kappa shape index (κ3) is 6.42. The summed E-state index contributed by atoms with van der Waals surface area (Å²) in [4.78, 5) is 18.6. The van der Waals surface area contributed by atoms with Crippen LogP contribution in [0.4, 0.5) is 5.69 Å². The van der Waals surface area contributed by atoms with E-state index in [2.05, 4.69) is 38.8 Å². The van der Waals surface area contributed by atoms with E-state index in [0.717, 1.165) is 56.3 Å². The first kappa shape index (κ1) is 22.6. The number of aliphatic imine (C=N–C) groups is 1. The summed E-state index contributed by atoms with van der Waals surface area (Å²) < 4.78 is 5.49. The van der Waals surface area contributed by atoms with Crippen LogP contribution >= 0.6 is 24.0 Å². The first-order valence-corrected chi connectivity index (χ1v) is 9.91. The molecule has 1 amide bonds. The van der Waals surface area contributed by atoms with Gasteiger partial charge in [0, 0.05) is 38.1 Å². The van der Waals surface area contributed by atoms with Crippen LogP contribution in [0, 0.1) is 5.92 Å². The number of nitrogens with one attached hydrogen (secondary N) is 3. The molecule has 1 unspecified atom stereocenters. The Morgan fingerprint density at radius 3 is 2.75 bits per heavy atom. The molecule has 3 rings (SSSR count). The van der Waals surface area contributed by atoms with Gasteiger partial charge in [-0.2, -0.15) is 0 Å². The van der Waals surface area contributed by atoms with Crippen LogP contribution in [0.25, 0.3) is 0 Å². The fourth-order valence-corrected chi connectivity index (χ4v) is 3.34. The van der Waals surface area contributed by atoms with E-state index < -0.39 is 0 Å². The Balaban J connectivity index is 0.00000280. The number of halogens is 1. The summed E-state index contributed by atoms with van der Waals surface area (Å²) in [7, 11) is 1.71. The minimum absolute atomic E-state index is 0. The average Bonchev–Trinajstić information content (AvgIpc) is 3.44. The van der Waals surface area contributed by atoms with E-state index >= 15 is 0 Å². The minimum atomic E-state index is 0. The van der Waals surface area contributed by atoms with Crippen molar-refractivity contribution in [1.82, 2.24) is 16.0 Å². The Kier molecular flexibility index (Phi) is 9.14. The molecule has 1 saturated heterocycles. The van der Waals surface area contributed by atoms with Crippen LogP contribution in [-0.2, 0) is 4.79 Å². The zero-order valence-electron chi connectivity index (χ0n) is 16.7. The van der Waals surface area contributed by atoms with Gasteiger partial charge in [0.1, 0.15) is 5.75 Å². The van der Waals surface area contributed by atoms with Crippen LogP contribution in [0.1, 0.15) is 26.2 Å². The number of amides is 1. The number of rotatable bonds is 8. The van der Waals surface area contributed by atoms with Gasteiger partial charge in [0.15, 0.2) is 5.96 Å². The molecular weight excluding hydrogens is 469 g/mol. The van der Waals surface area contributed by atoms with Crippen LogP contribution in [0.3, 0.4) is 0 Å². The monoisotopic (exact) mass is 501 g/mol. The highest BCUT2D eigenvalue weighted by atomic mass is 127. The van der Waals surface area contributed by atoms with Crippen molar-refractivity contribution in [3.63, 3.8) is 0 Å². The van der Waals surface area contributed by atoms with Crippen molar-refractivity contribution in [2.24, 2.45) is 10.9 Å². The van der Waals surface area contributed by atoms with Gasteiger partial charge >= 0.3 is 0 Å².